The molecule has 18 rings (SSSR count). The van der Waals surface area contributed by atoms with Crippen LogP contribution in [0, 0.1) is 46.3 Å². The number of aromatic nitrogens is 6. The lowest BCUT2D eigenvalue weighted by atomic mass is 9.43. The fourth-order valence-corrected chi connectivity index (χ4v) is 16.2. The highest BCUT2D eigenvalue weighted by Crippen LogP contribution is 2.70. The molecule has 434 valence electrons. The monoisotopic (exact) mass is 1180 g/mol. The van der Waals surface area contributed by atoms with Crippen LogP contribution in [-0.4, -0.2) is 29.9 Å². The van der Waals surface area contributed by atoms with Gasteiger partial charge < -0.3 is 0 Å². The van der Waals surface area contributed by atoms with E-state index < -0.39 is 0 Å². The molecule has 0 saturated heterocycles. The quantitative estimate of drug-likeness (QED) is 0.125. The number of hydrogen-bond acceptors (Lipinski definition) is 8. The van der Waals surface area contributed by atoms with Gasteiger partial charge in [0.05, 0.1) is 11.1 Å². The van der Waals surface area contributed by atoms with E-state index in [4.69, 9.17) is 29.9 Å². The fraction of sp³-hybridized carbons (Fsp3) is 0.119. The molecule has 0 atom stereocenters. The van der Waals surface area contributed by atoms with E-state index in [0.717, 1.165) is 84.2 Å². The van der Waals surface area contributed by atoms with Crippen molar-refractivity contribution in [2.24, 2.45) is 23.7 Å². The number of fused-ring (bicyclic) bond motifs is 3. The molecule has 8 heteroatoms. The Labute approximate surface area is 535 Å². The van der Waals surface area contributed by atoms with Crippen LogP contribution < -0.4 is 0 Å². The van der Waals surface area contributed by atoms with E-state index in [-0.39, 0.29) is 5.41 Å². The average Bonchev–Trinajstić information content (AvgIpc) is 1.47. The van der Waals surface area contributed by atoms with Crippen LogP contribution in [0.5, 0.6) is 0 Å². The van der Waals surface area contributed by atoms with Crippen molar-refractivity contribution in [1.82, 2.24) is 29.9 Å². The third-order valence-corrected chi connectivity index (χ3v) is 20.2. The normalized spacial score (nSPS) is 18.0. The molecule has 11 aromatic carbocycles. The first-order valence-corrected chi connectivity index (χ1v) is 31.9. The zero-order chi connectivity index (χ0) is 61.3. The van der Waals surface area contributed by atoms with Gasteiger partial charge in [-0.15, -0.1) is 0 Å². The number of nitrogens with zero attached hydrogens (tertiary/aromatic N) is 8. The van der Waals surface area contributed by atoms with Crippen LogP contribution in [0.1, 0.15) is 54.4 Å². The minimum atomic E-state index is -0.165. The Morgan fingerprint density at radius 3 is 0.957 bits per heavy atom. The first-order valence-electron chi connectivity index (χ1n) is 31.9. The van der Waals surface area contributed by atoms with Crippen molar-refractivity contribution in [2.75, 3.05) is 0 Å². The third-order valence-electron chi connectivity index (χ3n) is 20.2. The Bertz CT molecular complexity index is 5070. The lowest BCUT2D eigenvalue weighted by Crippen LogP contribution is -2.55. The van der Waals surface area contributed by atoms with Crippen LogP contribution in [0.15, 0.2) is 267 Å². The molecule has 5 aliphatic rings. The van der Waals surface area contributed by atoms with Gasteiger partial charge in [0.2, 0.25) is 0 Å². The maximum absolute atomic E-state index is 11.4. The lowest BCUT2D eigenvalue weighted by Gasteiger charge is -2.61. The summed E-state index contributed by atoms with van der Waals surface area (Å²) >= 11 is 0. The van der Waals surface area contributed by atoms with Gasteiger partial charge in [0, 0.05) is 49.9 Å². The Hall–Kier alpha value is -11.6. The molecule has 0 unspecified atom stereocenters. The molecule has 13 aromatic rings. The minimum Gasteiger partial charge on any atom is -0.208 e. The molecule has 4 bridgehead atoms. The average molecular weight is 1180 g/mol. The van der Waals surface area contributed by atoms with Gasteiger partial charge in [0.15, 0.2) is 34.9 Å². The zero-order valence-corrected chi connectivity index (χ0v) is 50.3. The number of hydrogen-bond donors (Lipinski definition) is 0. The summed E-state index contributed by atoms with van der Waals surface area (Å²) in [6, 6.07) is 97.5. The van der Waals surface area contributed by atoms with Crippen LogP contribution in [0.25, 0.3) is 135 Å². The molecule has 8 nitrogen and oxygen atoms in total. The van der Waals surface area contributed by atoms with Gasteiger partial charge in [-0.1, -0.05) is 243 Å². The van der Waals surface area contributed by atoms with Crippen molar-refractivity contribution in [3.05, 3.63) is 289 Å². The molecule has 1 spiro atoms. The molecular weight excluding hydrogens is 1120 g/mol. The molecule has 0 amide bonds. The first kappa shape index (κ1) is 54.6. The molecule has 92 heavy (non-hydrogen) atoms. The Morgan fingerprint density at radius 1 is 0.250 bits per heavy atom. The number of rotatable bonds is 11. The summed E-state index contributed by atoms with van der Waals surface area (Å²) in [5.41, 5.74) is 21.5. The van der Waals surface area contributed by atoms with E-state index in [9.17, 15) is 10.5 Å². The topological polar surface area (TPSA) is 125 Å². The maximum Gasteiger partial charge on any atom is 0.165 e. The van der Waals surface area contributed by atoms with Crippen LogP contribution in [0.2, 0.25) is 0 Å². The molecule has 5 aliphatic carbocycles. The summed E-state index contributed by atoms with van der Waals surface area (Å²) in [5.74, 6) is 5.60. The molecular formula is C84H58N8. The molecule has 0 radical (unpaired) electrons. The van der Waals surface area contributed by atoms with Gasteiger partial charge in [-0.2, -0.15) is 10.5 Å². The standard InChI is InChI=1S/C84H58N8/c85-50-74-68(23-13-25-72(74)82-89-78(60-19-9-3-10-20-60)87-80(91-82)62-35-29-56(30-36-62)54-15-5-1-6-16-54)59-33-27-58(28-34-59)64-39-41-70-71-42-40-65(49-77(71)84(76(70)48-64)66-44-52-43-53(46-66)47-67(84)45-52)69-24-14-26-73(75(69)51-86)83-90-79(61-21-11-4-12-22-61)88-81(92-83)63-37-31-57(32-38-63)55-17-7-2-8-18-55/h1-42,48-49,52-53,66-67H,43-47H2. The minimum absolute atomic E-state index is 0.165. The second kappa shape index (κ2) is 22.5. The summed E-state index contributed by atoms with van der Waals surface area (Å²) in [4.78, 5) is 30.5. The molecule has 0 aliphatic heterocycles. The second-order valence-corrected chi connectivity index (χ2v) is 25.2. The summed E-state index contributed by atoms with van der Waals surface area (Å²) < 4.78 is 0. The largest absolute Gasteiger partial charge is 0.208 e. The summed E-state index contributed by atoms with van der Waals surface area (Å²) in [6.45, 7) is 0. The van der Waals surface area contributed by atoms with E-state index in [2.05, 4.69) is 152 Å². The number of nitriles is 2. The Morgan fingerprint density at radius 2 is 0.543 bits per heavy atom. The van der Waals surface area contributed by atoms with Crippen LogP contribution >= 0.6 is 0 Å². The van der Waals surface area contributed by atoms with Crippen molar-refractivity contribution in [1.29, 1.82) is 10.5 Å². The summed E-state index contributed by atoms with van der Waals surface area (Å²) in [5, 5.41) is 22.4. The van der Waals surface area contributed by atoms with E-state index in [1.807, 2.05) is 127 Å². The van der Waals surface area contributed by atoms with Crippen LogP contribution in [-0.2, 0) is 5.41 Å². The van der Waals surface area contributed by atoms with Gasteiger partial charge in [-0.05, 0) is 147 Å². The van der Waals surface area contributed by atoms with Crippen molar-refractivity contribution >= 4 is 0 Å². The molecule has 0 N–H and O–H groups in total. The summed E-state index contributed by atoms with van der Waals surface area (Å²) in [6.07, 6.45) is 6.28. The van der Waals surface area contributed by atoms with Crippen molar-refractivity contribution < 1.29 is 0 Å². The SMILES string of the molecule is N#Cc1c(-c2ccc(-c3ccc4c(c3)C3(c5cc(-c6cccc(-c7nc(-c8ccccc8)nc(-c8ccc(-c9ccccc9)cc8)n7)c6C#N)ccc5-4)C4CC5CC(C4)CC3C5)cc2)cccc1-c1nc(-c2ccccc2)nc(-c2ccc(-c3ccccc3)cc2)n1. The molecule has 4 saturated carbocycles. The van der Waals surface area contributed by atoms with Crippen LogP contribution in [0.3, 0.4) is 0 Å². The van der Waals surface area contributed by atoms with Gasteiger partial charge in [-0.25, -0.2) is 29.9 Å². The fourth-order valence-electron chi connectivity index (χ4n) is 16.2. The summed E-state index contributed by atoms with van der Waals surface area (Å²) in [7, 11) is 0. The van der Waals surface area contributed by atoms with Gasteiger partial charge in [0.1, 0.15) is 12.1 Å². The van der Waals surface area contributed by atoms with E-state index >= 15 is 0 Å². The van der Waals surface area contributed by atoms with Gasteiger partial charge >= 0.3 is 0 Å². The second-order valence-electron chi connectivity index (χ2n) is 25.2. The molecule has 4 fully saturated rings. The highest BCUT2D eigenvalue weighted by Gasteiger charge is 2.61. The van der Waals surface area contributed by atoms with Crippen molar-refractivity contribution in [3.8, 4) is 147 Å². The van der Waals surface area contributed by atoms with Crippen molar-refractivity contribution in [2.45, 2.75) is 37.5 Å². The molecule has 2 aromatic heterocycles. The van der Waals surface area contributed by atoms with Gasteiger partial charge in [0.25, 0.3) is 0 Å². The zero-order valence-electron chi connectivity index (χ0n) is 50.3. The Balaban J connectivity index is 0.720. The van der Waals surface area contributed by atoms with E-state index in [0.29, 0.717) is 69.0 Å². The highest BCUT2D eigenvalue weighted by atomic mass is 15.0. The predicted octanol–water partition coefficient (Wildman–Crippen LogP) is 19.9. The van der Waals surface area contributed by atoms with E-state index in [1.54, 1.807) is 0 Å². The lowest BCUT2D eigenvalue weighted by molar-refractivity contribution is -0.0399. The number of benzene rings is 11. The Kier molecular flexibility index (Phi) is 13.3. The smallest absolute Gasteiger partial charge is 0.165 e. The van der Waals surface area contributed by atoms with Gasteiger partial charge in [-0.3, -0.25) is 0 Å². The first-order chi connectivity index (χ1) is 45.4. The van der Waals surface area contributed by atoms with Crippen LogP contribution in [0.4, 0.5) is 0 Å². The predicted molar refractivity (Wildman–Crippen MR) is 366 cm³/mol. The highest BCUT2D eigenvalue weighted by molar-refractivity contribution is 5.90. The maximum atomic E-state index is 11.4. The van der Waals surface area contributed by atoms with E-state index in [1.165, 1.54) is 59.9 Å². The molecule has 2 heterocycles. The third kappa shape index (κ3) is 9.33. The van der Waals surface area contributed by atoms with Crippen molar-refractivity contribution in [3.63, 3.8) is 0 Å².